The highest BCUT2D eigenvalue weighted by atomic mass is 32.1. The van der Waals surface area contributed by atoms with Gasteiger partial charge in [0.15, 0.2) is 4.96 Å². The van der Waals surface area contributed by atoms with Gasteiger partial charge in [-0.05, 0) is 32.5 Å². The molecule has 2 heterocycles. The molecule has 0 atom stereocenters. The topological polar surface area (TPSA) is 49.6 Å². The van der Waals surface area contributed by atoms with Crippen LogP contribution in [0.15, 0.2) is 41.9 Å². The Morgan fingerprint density at radius 2 is 1.96 bits per heavy atom. The summed E-state index contributed by atoms with van der Waals surface area (Å²) in [6.45, 7) is 8.40. The van der Waals surface area contributed by atoms with Crippen LogP contribution in [0.5, 0.6) is 0 Å². The van der Waals surface area contributed by atoms with Crippen LogP contribution in [0.4, 0.5) is 0 Å². The molecule has 0 aliphatic rings. The van der Waals surface area contributed by atoms with E-state index in [0.717, 1.165) is 60.9 Å². The fraction of sp³-hybridized carbons (Fsp3) is 0.429. The highest BCUT2D eigenvalue weighted by Gasteiger charge is 2.12. The second-order valence-corrected chi connectivity index (χ2v) is 7.47. The van der Waals surface area contributed by atoms with Crippen LogP contribution in [0.3, 0.4) is 0 Å². The number of fused-ring (bicyclic) bond motifs is 1. The smallest absolute Gasteiger partial charge is 0.225 e. The number of aromatic nitrogens is 2. The molecular weight excluding hydrogens is 356 g/mol. The molecule has 1 aromatic carbocycles. The van der Waals surface area contributed by atoms with Crippen molar-refractivity contribution in [2.45, 2.75) is 33.1 Å². The molecule has 6 heteroatoms. The summed E-state index contributed by atoms with van der Waals surface area (Å²) in [6.07, 6.45) is 4.55. The predicted octanol–water partition coefficient (Wildman–Crippen LogP) is 3.84. The summed E-state index contributed by atoms with van der Waals surface area (Å²) in [6, 6.07) is 10.1. The second kappa shape index (κ2) is 9.67. The third-order valence-corrected chi connectivity index (χ3v) is 5.70. The minimum absolute atomic E-state index is 0.0764. The van der Waals surface area contributed by atoms with E-state index in [1.807, 2.05) is 34.2 Å². The van der Waals surface area contributed by atoms with Gasteiger partial charge < -0.3 is 10.2 Å². The molecule has 0 saturated carbocycles. The summed E-state index contributed by atoms with van der Waals surface area (Å²) in [5, 5.41) is 5.07. The van der Waals surface area contributed by atoms with E-state index in [1.54, 1.807) is 11.3 Å². The van der Waals surface area contributed by atoms with Gasteiger partial charge in [0.25, 0.3) is 0 Å². The van der Waals surface area contributed by atoms with Crippen molar-refractivity contribution in [2.75, 3.05) is 26.2 Å². The van der Waals surface area contributed by atoms with Gasteiger partial charge in [-0.25, -0.2) is 4.98 Å². The van der Waals surface area contributed by atoms with E-state index in [2.05, 4.69) is 41.2 Å². The Hall–Kier alpha value is -2.18. The third-order valence-electron chi connectivity index (χ3n) is 4.81. The summed E-state index contributed by atoms with van der Waals surface area (Å²) in [5.74, 6) is 0.0764. The molecule has 5 nitrogen and oxygen atoms in total. The van der Waals surface area contributed by atoms with Crippen molar-refractivity contribution in [3.8, 4) is 11.3 Å². The lowest BCUT2D eigenvalue weighted by Gasteiger charge is -2.17. The van der Waals surface area contributed by atoms with E-state index in [1.165, 1.54) is 0 Å². The zero-order valence-electron chi connectivity index (χ0n) is 16.1. The van der Waals surface area contributed by atoms with Crippen molar-refractivity contribution in [3.05, 3.63) is 47.6 Å². The lowest BCUT2D eigenvalue weighted by molar-refractivity contribution is -0.120. The number of rotatable bonds is 10. The monoisotopic (exact) mass is 384 g/mol. The second-order valence-electron chi connectivity index (χ2n) is 6.63. The number of hydrogen-bond acceptors (Lipinski definition) is 4. The minimum atomic E-state index is 0.0764. The maximum atomic E-state index is 12.3. The summed E-state index contributed by atoms with van der Waals surface area (Å²) in [4.78, 5) is 20.3. The van der Waals surface area contributed by atoms with Gasteiger partial charge in [-0.2, -0.15) is 0 Å². The van der Waals surface area contributed by atoms with Crippen LogP contribution in [0.1, 0.15) is 32.4 Å². The number of nitrogens with zero attached hydrogens (tertiary/aromatic N) is 3. The molecule has 0 bridgehead atoms. The van der Waals surface area contributed by atoms with Crippen molar-refractivity contribution in [3.63, 3.8) is 0 Å². The molecule has 0 aliphatic carbocycles. The SMILES string of the molecule is CCN(CC)CCCCNC(=O)Cc1csc2nc(-c3ccccc3)cn12. The summed E-state index contributed by atoms with van der Waals surface area (Å²) >= 11 is 1.58. The van der Waals surface area contributed by atoms with Crippen LogP contribution in [0.25, 0.3) is 16.2 Å². The van der Waals surface area contributed by atoms with Gasteiger partial charge in [0.05, 0.1) is 12.1 Å². The molecule has 1 N–H and O–H groups in total. The Balaban J connectivity index is 1.51. The number of thiazole rings is 1. The molecule has 144 valence electrons. The summed E-state index contributed by atoms with van der Waals surface area (Å²) in [7, 11) is 0. The molecule has 1 amide bonds. The van der Waals surface area contributed by atoms with Gasteiger partial charge >= 0.3 is 0 Å². The first-order valence-electron chi connectivity index (χ1n) is 9.71. The van der Waals surface area contributed by atoms with E-state index >= 15 is 0 Å². The quantitative estimate of drug-likeness (QED) is 0.540. The van der Waals surface area contributed by atoms with Gasteiger partial charge in [-0.15, -0.1) is 11.3 Å². The Labute approximate surface area is 165 Å². The Bertz CT molecular complexity index is 852. The van der Waals surface area contributed by atoms with Crippen molar-refractivity contribution in [1.29, 1.82) is 0 Å². The molecule has 0 fully saturated rings. The van der Waals surface area contributed by atoms with Gasteiger partial charge in [0.1, 0.15) is 0 Å². The first-order chi connectivity index (χ1) is 13.2. The average Bonchev–Trinajstić information content (AvgIpc) is 3.27. The number of imidazole rings is 1. The fourth-order valence-corrected chi connectivity index (χ4v) is 4.03. The van der Waals surface area contributed by atoms with Crippen LogP contribution in [0.2, 0.25) is 0 Å². The lowest BCUT2D eigenvalue weighted by atomic mass is 10.2. The number of carbonyl (C=O) groups is 1. The van der Waals surface area contributed by atoms with E-state index in [-0.39, 0.29) is 5.91 Å². The molecule has 3 rings (SSSR count). The first-order valence-corrected chi connectivity index (χ1v) is 10.6. The van der Waals surface area contributed by atoms with Crippen LogP contribution < -0.4 is 5.32 Å². The molecule has 2 aromatic heterocycles. The van der Waals surface area contributed by atoms with Crippen LogP contribution in [0, 0.1) is 0 Å². The van der Waals surface area contributed by atoms with E-state index < -0.39 is 0 Å². The summed E-state index contributed by atoms with van der Waals surface area (Å²) < 4.78 is 2.03. The van der Waals surface area contributed by atoms with Crippen LogP contribution in [-0.4, -0.2) is 46.4 Å². The number of benzene rings is 1. The van der Waals surface area contributed by atoms with Crippen molar-refractivity contribution >= 4 is 22.2 Å². The zero-order chi connectivity index (χ0) is 19.1. The normalized spacial score (nSPS) is 11.4. The maximum Gasteiger partial charge on any atom is 0.225 e. The molecule has 0 unspecified atom stereocenters. The molecule has 0 spiro atoms. The fourth-order valence-electron chi connectivity index (χ4n) is 3.16. The van der Waals surface area contributed by atoms with E-state index in [9.17, 15) is 4.79 Å². The first kappa shape index (κ1) is 19.6. The van der Waals surface area contributed by atoms with Crippen LogP contribution >= 0.6 is 11.3 Å². The van der Waals surface area contributed by atoms with Gasteiger partial charge in [0, 0.05) is 29.4 Å². The molecule has 27 heavy (non-hydrogen) atoms. The summed E-state index contributed by atoms with van der Waals surface area (Å²) in [5.41, 5.74) is 3.03. The average molecular weight is 385 g/mol. The highest BCUT2D eigenvalue weighted by Crippen LogP contribution is 2.23. The molecule has 0 radical (unpaired) electrons. The van der Waals surface area contributed by atoms with Gasteiger partial charge in [-0.3, -0.25) is 9.20 Å². The van der Waals surface area contributed by atoms with Crippen molar-refractivity contribution in [1.82, 2.24) is 19.6 Å². The zero-order valence-corrected chi connectivity index (χ0v) is 17.0. The molecule has 0 saturated heterocycles. The van der Waals surface area contributed by atoms with Gasteiger partial charge in [-0.1, -0.05) is 44.2 Å². The maximum absolute atomic E-state index is 12.3. The molecule has 3 aromatic rings. The van der Waals surface area contributed by atoms with Gasteiger partial charge in [0.2, 0.25) is 5.91 Å². The number of unbranched alkanes of at least 4 members (excludes halogenated alkanes) is 1. The Kier molecular flexibility index (Phi) is 7.01. The number of amides is 1. The van der Waals surface area contributed by atoms with Crippen LogP contribution in [-0.2, 0) is 11.2 Å². The van der Waals surface area contributed by atoms with E-state index in [4.69, 9.17) is 0 Å². The predicted molar refractivity (Wildman–Crippen MR) is 112 cm³/mol. The molecular formula is C21H28N4OS. The number of hydrogen-bond donors (Lipinski definition) is 1. The van der Waals surface area contributed by atoms with E-state index in [0.29, 0.717) is 6.42 Å². The molecule has 0 aliphatic heterocycles. The van der Waals surface area contributed by atoms with Crippen molar-refractivity contribution < 1.29 is 4.79 Å². The Morgan fingerprint density at radius 3 is 2.70 bits per heavy atom. The standard InChI is InChI=1S/C21H28N4OS/c1-3-24(4-2)13-9-8-12-22-20(26)14-18-16-27-21-23-19(15-25(18)21)17-10-6-5-7-11-17/h5-7,10-11,15-16H,3-4,8-9,12-14H2,1-2H3,(H,22,26). The lowest BCUT2D eigenvalue weighted by Crippen LogP contribution is -2.28. The third kappa shape index (κ3) is 5.17. The van der Waals surface area contributed by atoms with Crippen molar-refractivity contribution in [2.24, 2.45) is 0 Å². The largest absolute Gasteiger partial charge is 0.356 e. The number of carbonyl (C=O) groups excluding carboxylic acids is 1. The number of nitrogens with one attached hydrogen (secondary N) is 1. The highest BCUT2D eigenvalue weighted by molar-refractivity contribution is 7.15. The minimum Gasteiger partial charge on any atom is -0.356 e. The Morgan fingerprint density at radius 1 is 1.19 bits per heavy atom.